The molecular formula is C16H24Cl2N4O. The fourth-order valence-electron chi connectivity index (χ4n) is 2.92. The Morgan fingerprint density at radius 3 is 2.87 bits per heavy atom. The third kappa shape index (κ3) is 4.83. The molecule has 0 bridgehead atoms. The molecule has 1 aliphatic rings. The predicted molar refractivity (Wildman–Crippen MR) is 97.3 cm³/mol. The number of rotatable bonds is 5. The van der Waals surface area contributed by atoms with Gasteiger partial charge in [0.05, 0.1) is 17.6 Å². The van der Waals surface area contributed by atoms with Crippen LogP contribution in [0.1, 0.15) is 25.1 Å². The highest BCUT2D eigenvalue weighted by Gasteiger charge is 2.16. The van der Waals surface area contributed by atoms with Crippen molar-refractivity contribution < 1.29 is 4.79 Å². The quantitative estimate of drug-likeness (QED) is 0.862. The molecule has 1 aromatic heterocycles. The van der Waals surface area contributed by atoms with Crippen LogP contribution in [0.5, 0.6) is 0 Å². The van der Waals surface area contributed by atoms with E-state index in [1.54, 1.807) is 0 Å². The van der Waals surface area contributed by atoms with Gasteiger partial charge in [0.2, 0.25) is 5.91 Å². The average molecular weight is 359 g/mol. The van der Waals surface area contributed by atoms with Crippen LogP contribution in [0.25, 0.3) is 11.0 Å². The first-order valence-electron chi connectivity index (χ1n) is 7.62. The van der Waals surface area contributed by atoms with Gasteiger partial charge in [-0.15, -0.1) is 24.8 Å². The summed E-state index contributed by atoms with van der Waals surface area (Å²) in [7, 11) is 1.99. The van der Waals surface area contributed by atoms with Crippen LogP contribution in [0.15, 0.2) is 24.3 Å². The molecule has 7 heteroatoms. The second kappa shape index (κ2) is 9.11. The van der Waals surface area contributed by atoms with Crippen molar-refractivity contribution in [2.24, 2.45) is 13.0 Å². The molecule has 1 fully saturated rings. The van der Waals surface area contributed by atoms with Crippen LogP contribution in [-0.4, -0.2) is 28.5 Å². The van der Waals surface area contributed by atoms with Crippen LogP contribution in [0.3, 0.4) is 0 Å². The summed E-state index contributed by atoms with van der Waals surface area (Å²) in [6.45, 7) is 2.64. The fraction of sp³-hybridized carbons (Fsp3) is 0.500. The molecule has 5 nitrogen and oxygen atoms in total. The summed E-state index contributed by atoms with van der Waals surface area (Å²) in [5.41, 5.74) is 2.07. The molecule has 23 heavy (non-hydrogen) atoms. The lowest BCUT2D eigenvalue weighted by Gasteiger charge is -2.08. The number of para-hydroxylation sites is 2. The maximum atomic E-state index is 11.9. The number of imidazole rings is 1. The average Bonchev–Trinajstić information content (AvgIpc) is 3.12. The van der Waals surface area contributed by atoms with Crippen molar-refractivity contribution in [1.29, 1.82) is 0 Å². The van der Waals surface area contributed by atoms with Crippen molar-refractivity contribution in [2.45, 2.75) is 25.8 Å². The van der Waals surface area contributed by atoms with Crippen molar-refractivity contribution in [3.63, 3.8) is 0 Å². The Balaban J connectivity index is 0.00000132. The molecule has 1 aromatic carbocycles. The summed E-state index contributed by atoms with van der Waals surface area (Å²) in [5.74, 6) is 1.67. The van der Waals surface area contributed by atoms with Crippen molar-refractivity contribution in [3.05, 3.63) is 30.1 Å². The van der Waals surface area contributed by atoms with E-state index in [0.717, 1.165) is 36.4 Å². The molecule has 0 radical (unpaired) electrons. The normalized spacial score (nSPS) is 16.7. The van der Waals surface area contributed by atoms with Crippen LogP contribution in [0.2, 0.25) is 0 Å². The first-order chi connectivity index (χ1) is 10.2. The van der Waals surface area contributed by atoms with Gasteiger partial charge in [-0.1, -0.05) is 12.1 Å². The molecular weight excluding hydrogens is 335 g/mol. The molecule has 1 aliphatic heterocycles. The van der Waals surface area contributed by atoms with Crippen molar-refractivity contribution in [1.82, 2.24) is 20.2 Å². The summed E-state index contributed by atoms with van der Waals surface area (Å²) in [6, 6.07) is 8.02. The highest BCUT2D eigenvalue weighted by Crippen LogP contribution is 2.15. The molecule has 128 valence electrons. The number of fused-ring (bicyclic) bond motifs is 1. The van der Waals surface area contributed by atoms with E-state index in [9.17, 15) is 4.79 Å². The smallest absolute Gasteiger partial charge is 0.220 e. The van der Waals surface area contributed by atoms with Crippen LogP contribution in [-0.2, 0) is 18.4 Å². The van der Waals surface area contributed by atoms with E-state index in [0.29, 0.717) is 18.9 Å². The number of benzene rings is 1. The van der Waals surface area contributed by atoms with E-state index >= 15 is 0 Å². The summed E-state index contributed by atoms with van der Waals surface area (Å²) in [5, 5.41) is 6.31. The Morgan fingerprint density at radius 2 is 2.17 bits per heavy atom. The van der Waals surface area contributed by atoms with Gasteiger partial charge in [0.25, 0.3) is 0 Å². The van der Waals surface area contributed by atoms with Gasteiger partial charge < -0.3 is 15.2 Å². The molecule has 0 aliphatic carbocycles. The minimum atomic E-state index is 0. The Hall–Kier alpha value is -1.30. The number of nitrogens with one attached hydrogen (secondary N) is 2. The summed E-state index contributed by atoms with van der Waals surface area (Å²) >= 11 is 0. The van der Waals surface area contributed by atoms with Crippen molar-refractivity contribution in [3.8, 4) is 0 Å². The first kappa shape index (κ1) is 19.7. The zero-order valence-electron chi connectivity index (χ0n) is 13.2. The van der Waals surface area contributed by atoms with E-state index in [2.05, 4.69) is 15.6 Å². The lowest BCUT2D eigenvalue weighted by Crippen LogP contribution is -2.25. The SMILES string of the molecule is Cl.Cl.Cn1c(CNC(=O)CCC2CCNC2)nc2ccccc21. The number of carbonyl (C=O) groups is 1. The molecule has 2 N–H and O–H groups in total. The maximum absolute atomic E-state index is 11.9. The third-order valence-electron chi connectivity index (χ3n) is 4.27. The Morgan fingerprint density at radius 1 is 1.39 bits per heavy atom. The summed E-state index contributed by atoms with van der Waals surface area (Å²) < 4.78 is 2.04. The van der Waals surface area contributed by atoms with Gasteiger partial charge in [-0.25, -0.2) is 4.98 Å². The highest BCUT2D eigenvalue weighted by atomic mass is 35.5. The Bertz CT molecular complexity index is 638. The molecule has 1 amide bonds. The highest BCUT2D eigenvalue weighted by molar-refractivity contribution is 5.85. The number of amides is 1. The number of carbonyl (C=O) groups excluding carboxylic acids is 1. The molecule has 3 rings (SSSR count). The van der Waals surface area contributed by atoms with Crippen LogP contribution in [0.4, 0.5) is 0 Å². The van der Waals surface area contributed by atoms with Crippen LogP contribution in [0, 0.1) is 5.92 Å². The van der Waals surface area contributed by atoms with E-state index in [4.69, 9.17) is 0 Å². The first-order valence-corrected chi connectivity index (χ1v) is 7.62. The van der Waals surface area contributed by atoms with Crippen LogP contribution < -0.4 is 10.6 Å². The van der Waals surface area contributed by atoms with E-state index in [1.807, 2.05) is 35.9 Å². The second-order valence-corrected chi connectivity index (χ2v) is 5.75. The number of nitrogens with zero attached hydrogens (tertiary/aromatic N) is 2. The number of halogens is 2. The maximum Gasteiger partial charge on any atom is 0.220 e. The zero-order valence-corrected chi connectivity index (χ0v) is 14.9. The van der Waals surface area contributed by atoms with Crippen molar-refractivity contribution in [2.75, 3.05) is 13.1 Å². The Kier molecular flexibility index (Phi) is 7.82. The second-order valence-electron chi connectivity index (χ2n) is 5.75. The third-order valence-corrected chi connectivity index (χ3v) is 4.27. The van der Waals surface area contributed by atoms with Gasteiger partial charge in [-0.05, 0) is 44.0 Å². The zero-order chi connectivity index (χ0) is 14.7. The van der Waals surface area contributed by atoms with Gasteiger partial charge in [-0.3, -0.25) is 4.79 Å². The van der Waals surface area contributed by atoms with Gasteiger partial charge in [-0.2, -0.15) is 0 Å². The standard InChI is InChI=1S/C16H22N4O.2ClH/c1-20-14-5-3-2-4-13(14)19-15(20)11-18-16(21)7-6-12-8-9-17-10-12;;/h2-5,12,17H,6-11H2,1H3,(H,18,21);2*1H. The number of hydrogen-bond acceptors (Lipinski definition) is 3. The van der Waals surface area contributed by atoms with Gasteiger partial charge >= 0.3 is 0 Å². The molecule has 2 heterocycles. The van der Waals surface area contributed by atoms with Gasteiger partial charge in [0, 0.05) is 13.5 Å². The Labute approximate surface area is 149 Å². The van der Waals surface area contributed by atoms with Gasteiger partial charge in [0.15, 0.2) is 0 Å². The van der Waals surface area contributed by atoms with E-state index in [1.165, 1.54) is 6.42 Å². The summed E-state index contributed by atoms with van der Waals surface area (Å²) in [4.78, 5) is 16.5. The van der Waals surface area contributed by atoms with Crippen LogP contribution >= 0.6 is 24.8 Å². The molecule has 1 unspecified atom stereocenters. The predicted octanol–water partition coefficient (Wildman–Crippen LogP) is 2.42. The number of hydrogen-bond donors (Lipinski definition) is 2. The topological polar surface area (TPSA) is 59.0 Å². The minimum absolute atomic E-state index is 0. The van der Waals surface area contributed by atoms with Crippen molar-refractivity contribution >= 4 is 41.8 Å². The lowest BCUT2D eigenvalue weighted by atomic mass is 10.0. The molecule has 1 atom stereocenters. The molecule has 2 aromatic rings. The molecule has 0 saturated carbocycles. The van der Waals surface area contributed by atoms with E-state index in [-0.39, 0.29) is 30.7 Å². The summed E-state index contributed by atoms with van der Waals surface area (Å²) in [6.07, 6.45) is 2.77. The number of aromatic nitrogens is 2. The fourth-order valence-corrected chi connectivity index (χ4v) is 2.92. The number of aryl methyl sites for hydroxylation is 1. The van der Waals surface area contributed by atoms with E-state index < -0.39 is 0 Å². The molecule has 0 spiro atoms. The lowest BCUT2D eigenvalue weighted by molar-refractivity contribution is -0.121. The molecule has 1 saturated heterocycles. The monoisotopic (exact) mass is 358 g/mol. The largest absolute Gasteiger partial charge is 0.349 e. The minimum Gasteiger partial charge on any atom is -0.349 e. The van der Waals surface area contributed by atoms with Gasteiger partial charge in [0.1, 0.15) is 5.82 Å².